The van der Waals surface area contributed by atoms with Crippen LogP contribution in [0.3, 0.4) is 0 Å². The van der Waals surface area contributed by atoms with Gasteiger partial charge < -0.3 is 9.80 Å². The highest BCUT2D eigenvalue weighted by molar-refractivity contribution is 5.76. The molecular formula is C42H34N2. The molecule has 0 aromatic heterocycles. The minimum atomic E-state index is -0.488. The molecule has 0 saturated carbocycles. The maximum absolute atomic E-state index is 2.44. The van der Waals surface area contributed by atoms with Crippen LogP contribution < -0.4 is 9.80 Å². The Bertz CT molecular complexity index is 1740. The van der Waals surface area contributed by atoms with Gasteiger partial charge in [-0.3, -0.25) is 0 Å². The summed E-state index contributed by atoms with van der Waals surface area (Å²) in [5.74, 6) is 0.163. The van der Waals surface area contributed by atoms with Crippen LogP contribution in [0, 0.1) is 0 Å². The van der Waals surface area contributed by atoms with Gasteiger partial charge in [-0.2, -0.15) is 0 Å². The molecule has 2 nitrogen and oxygen atoms in total. The Labute approximate surface area is 260 Å². The molecular weight excluding hydrogens is 532 g/mol. The summed E-state index contributed by atoms with van der Waals surface area (Å²) in [7, 11) is 0. The molecule has 0 N–H and O–H groups in total. The number of anilines is 5. The lowest BCUT2D eigenvalue weighted by Gasteiger charge is -2.44. The van der Waals surface area contributed by atoms with E-state index in [4.69, 9.17) is 0 Å². The second kappa shape index (κ2) is 12.3. The summed E-state index contributed by atoms with van der Waals surface area (Å²) >= 11 is 0. The molecule has 2 heteroatoms. The highest BCUT2D eigenvalue weighted by atomic mass is 15.2. The van der Waals surface area contributed by atoms with E-state index in [9.17, 15) is 0 Å². The van der Waals surface area contributed by atoms with E-state index in [2.05, 4.69) is 210 Å². The standard InChI is InChI=1S/C42H34N2/c1-6-16-36(17-7-1)42(44(40-22-12-4-13-23-40)41-24-14-5-15-25-41)32-30-35(31-33-42)34-26-28-39(29-27-34)43(37-18-8-2-9-19-37)38-20-10-3-11-21-38/h1-33,35H. The maximum atomic E-state index is 2.44. The highest BCUT2D eigenvalue weighted by Gasteiger charge is 2.37. The number of allylic oxidation sites excluding steroid dienone is 2. The average Bonchev–Trinajstić information content (AvgIpc) is 3.11. The first kappa shape index (κ1) is 27.2. The van der Waals surface area contributed by atoms with Crippen molar-refractivity contribution in [2.45, 2.75) is 11.5 Å². The third kappa shape index (κ3) is 5.34. The molecule has 212 valence electrons. The van der Waals surface area contributed by atoms with Crippen molar-refractivity contribution in [1.82, 2.24) is 0 Å². The molecule has 7 rings (SSSR count). The van der Waals surface area contributed by atoms with Gasteiger partial charge >= 0.3 is 0 Å². The largest absolute Gasteiger partial charge is 0.324 e. The second-order valence-corrected chi connectivity index (χ2v) is 11.0. The van der Waals surface area contributed by atoms with E-state index >= 15 is 0 Å². The number of hydrogen-bond donors (Lipinski definition) is 0. The van der Waals surface area contributed by atoms with Crippen LogP contribution in [0.2, 0.25) is 0 Å². The van der Waals surface area contributed by atoms with Gasteiger partial charge in [0.2, 0.25) is 0 Å². The van der Waals surface area contributed by atoms with Gasteiger partial charge in [-0.05, 0) is 71.8 Å². The summed E-state index contributed by atoms with van der Waals surface area (Å²) in [6.07, 6.45) is 9.46. The average molecular weight is 567 g/mol. The summed E-state index contributed by atoms with van der Waals surface area (Å²) in [6, 6.07) is 62.2. The van der Waals surface area contributed by atoms with Gasteiger partial charge in [0, 0.05) is 34.4 Å². The molecule has 0 spiro atoms. The lowest BCUT2D eigenvalue weighted by molar-refractivity contribution is 0.661. The third-order valence-corrected chi connectivity index (χ3v) is 8.32. The van der Waals surface area contributed by atoms with Crippen molar-refractivity contribution in [3.05, 3.63) is 211 Å². The van der Waals surface area contributed by atoms with Gasteiger partial charge in [0.15, 0.2) is 0 Å². The zero-order valence-corrected chi connectivity index (χ0v) is 24.5. The molecule has 0 saturated heterocycles. The molecule has 0 radical (unpaired) electrons. The first-order valence-electron chi connectivity index (χ1n) is 15.2. The van der Waals surface area contributed by atoms with Crippen molar-refractivity contribution in [2.75, 3.05) is 9.80 Å². The van der Waals surface area contributed by atoms with Crippen LogP contribution in [-0.4, -0.2) is 0 Å². The molecule has 0 aliphatic heterocycles. The molecule has 6 aromatic rings. The Morgan fingerprint density at radius 1 is 0.364 bits per heavy atom. The molecule has 0 bridgehead atoms. The molecule has 0 heterocycles. The summed E-state index contributed by atoms with van der Waals surface area (Å²) in [4.78, 5) is 4.74. The topological polar surface area (TPSA) is 6.48 Å². The van der Waals surface area contributed by atoms with Gasteiger partial charge in [-0.1, -0.05) is 140 Å². The fraction of sp³-hybridized carbons (Fsp3) is 0.0476. The first-order valence-corrected chi connectivity index (χ1v) is 15.2. The third-order valence-electron chi connectivity index (χ3n) is 8.32. The molecule has 1 aliphatic rings. The smallest absolute Gasteiger partial charge is 0.107 e. The van der Waals surface area contributed by atoms with Gasteiger partial charge in [0.05, 0.1) is 0 Å². The maximum Gasteiger partial charge on any atom is 0.107 e. The van der Waals surface area contributed by atoms with Gasteiger partial charge in [-0.15, -0.1) is 0 Å². The Hall–Kier alpha value is -5.60. The van der Waals surface area contributed by atoms with Crippen LogP contribution in [-0.2, 0) is 5.54 Å². The quantitative estimate of drug-likeness (QED) is 0.169. The normalized spacial score (nSPS) is 17.2. The number of rotatable bonds is 8. The van der Waals surface area contributed by atoms with Crippen molar-refractivity contribution in [2.24, 2.45) is 0 Å². The van der Waals surface area contributed by atoms with Gasteiger partial charge in [0.25, 0.3) is 0 Å². The molecule has 6 aromatic carbocycles. The second-order valence-electron chi connectivity index (χ2n) is 11.0. The molecule has 0 amide bonds. The van der Waals surface area contributed by atoms with Crippen LogP contribution in [0.25, 0.3) is 0 Å². The minimum Gasteiger partial charge on any atom is -0.324 e. The van der Waals surface area contributed by atoms with E-state index < -0.39 is 5.54 Å². The van der Waals surface area contributed by atoms with E-state index in [1.807, 2.05) is 0 Å². The molecule has 0 atom stereocenters. The Kier molecular flexibility index (Phi) is 7.63. The summed E-state index contributed by atoms with van der Waals surface area (Å²) in [5, 5.41) is 0. The number of para-hydroxylation sites is 4. The van der Waals surface area contributed by atoms with E-state index in [1.165, 1.54) is 11.1 Å². The first-order chi connectivity index (χ1) is 21.8. The Morgan fingerprint density at radius 3 is 1.16 bits per heavy atom. The summed E-state index contributed by atoms with van der Waals surface area (Å²) in [6.45, 7) is 0. The van der Waals surface area contributed by atoms with Crippen molar-refractivity contribution in [1.29, 1.82) is 0 Å². The van der Waals surface area contributed by atoms with E-state index in [0.717, 1.165) is 28.4 Å². The monoisotopic (exact) mass is 566 g/mol. The highest BCUT2D eigenvalue weighted by Crippen LogP contribution is 2.45. The molecule has 44 heavy (non-hydrogen) atoms. The van der Waals surface area contributed by atoms with Crippen molar-refractivity contribution < 1.29 is 0 Å². The van der Waals surface area contributed by atoms with Crippen molar-refractivity contribution in [3.63, 3.8) is 0 Å². The predicted octanol–water partition coefficient (Wildman–Crippen LogP) is 11.1. The van der Waals surface area contributed by atoms with Crippen molar-refractivity contribution >= 4 is 28.4 Å². The van der Waals surface area contributed by atoms with Gasteiger partial charge in [-0.25, -0.2) is 0 Å². The van der Waals surface area contributed by atoms with Crippen LogP contribution in [0.1, 0.15) is 17.0 Å². The fourth-order valence-corrected chi connectivity index (χ4v) is 6.20. The number of benzene rings is 6. The number of hydrogen-bond acceptors (Lipinski definition) is 2. The molecule has 0 unspecified atom stereocenters. The zero-order chi connectivity index (χ0) is 29.6. The molecule has 1 aliphatic carbocycles. The van der Waals surface area contributed by atoms with Gasteiger partial charge in [0.1, 0.15) is 5.54 Å². The van der Waals surface area contributed by atoms with E-state index in [1.54, 1.807) is 0 Å². The number of nitrogens with zero attached hydrogens (tertiary/aromatic N) is 2. The van der Waals surface area contributed by atoms with E-state index in [-0.39, 0.29) is 5.92 Å². The Morgan fingerprint density at radius 2 is 0.727 bits per heavy atom. The fourth-order valence-electron chi connectivity index (χ4n) is 6.20. The van der Waals surface area contributed by atoms with E-state index in [0.29, 0.717) is 0 Å². The van der Waals surface area contributed by atoms with Crippen LogP contribution in [0.15, 0.2) is 200 Å². The lowest BCUT2D eigenvalue weighted by Crippen LogP contribution is -2.41. The Balaban J connectivity index is 1.26. The molecule has 0 fully saturated rings. The summed E-state index contributed by atoms with van der Waals surface area (Å²) in [5.41, 5.74) is 7.68. The van der Waals surface area contributed by atoms with Crippen LogP contribution in [0.5, 0.6) is 0 Å². The van der Waals surface area contributed by atoms with Crippen molar-refractivity contribution in [3.8, 4) is 0 Å². The SMILES string of the molecule is C1=CC(c2ccccc2)(N(c2ccccc2)c2ccccc2)C=CC1c1ccc(N(c2ccccc2)c2ccccc2)cc1. The lowest BCUT2D eigenvalue weighted by atomic mass is 9.79. The predicted molar refractivity (Wildman–Crippen MR) is 185 cm³/mol. The minimum absolute atomic E-state index is 0.163. The summed E-state index contributed by atoms with van der Waals surface area (Å²) < 4.78 is 0. The van der Waals surface area contributed by atoms with Crippen LogP contribution in [0.4, 0.5) is 28.4 Å². The van der Waals surface area contributed by atoms with Crippen LogP contribution >= 0.6 is 0 Å². The zero-order valence-electron chi connectivity index (χ0n) is 24.5.